The molecule has 0 spiro atoms. The zero-order chi connectivity index (χ0) is 16.2. The number of hydrazone groups is 1. The van der Waals surface area contributed by atoms with Gasteiger partial charge in [0, 0.05) is 5.56 Å². The molecule has 116 valence electrons. The predicted octanol–water partition coefficient (Wildman–Crippen LogP) is 0.971. The molecule has 2 aromatic carbocycles. The number of benzene rings is 2. The topological polar surface area (TPSA) is 96.6 Å². The van der Waals surface area contributed by atoms with E-state index in [4.69, 9.17) is 5.84 Å². The normalized spacial score (nSPS) is 19.6. The summed E-state index contributed by atoms with van der Waals surface area (Å²) in [7, 11) is 0. The van der Waals surface area contributed by atoms with Crippen molar-refractivity contribution >= 4 is 17.4 Å². The van der Waals surface area contributed by atoms with Crippen molar-refractivity contribution in [2.75, 3.05) is 0 Å². The lowest BCUT2D eigenvalue weighted by Gasteiger charge is -2.19. The highest BCUT2D eigenvalue weighted by Crippen LogP contribution is 2.27. The molecule has 0 aromatic heterocycles. The van der Waals surface area contributed by atoms with E-state index in [2.05, 4.69) is 16.0 Å². The zero-order valence-corrected chi connectivity index (χ0v) is 12.3. The van der Waals surface area contributed by atoms with E-state index in [0.29, 0.717) is 11.3 Å². The molecule has 23 heavy (non-hydrogen) atoms. The first-order valence-corrected chi connectivity index (χ1v) is 7.20. The Labute approximate surface area is 133 Å². The lowest BCUT2D eigenvalue weighted by Crippen LogP contribution is -2.47. The molecule has 1 aliphatic heterocycles. The number of hydrazine groups is 1. The Kier molecular flexibility index (Phi) is 4.16. The summed E-state index contributed by atoms with van der Waals surface area (Å²) < 4.78 is 0. The number of nitrogens with two attached hydrogens (primary N) is 1. The van der Waals surface area contributed by atoms with Crippen molar-refractivity contribution in [3.8, 4) is 0 Å². The van der Waals surface area contributed by atoms with Crippen LogP contribution in [0.5, 0.6) is 0 Å². The number of nitrogens with one attached hydrogen (secondary N) is 2. The monoisotopic (exact) mass is 308 g/mol. The Balaban J connectivity index is 1.99. The summed E-state index contributed by atoms with van der Waals surface area (Å²) in [6.07, 6.45) is 0. The molecular formula is C17H16N4O2. The summed E-state index contributed by atoms with van der Waals surface area (Å²) in [5, 5.41) is 4.12. The van der Waals surface area contributed by atoms with Gasteiger partial charge in [0.1, 0.15) is 11.8 Å². The van der Waals surface area contributed by atoms with Crippen LogP contribution in [0.2, 0.25) is 0 Å². The van der Waals surface area contributed by atoms with Crippen LogP contribution in [0.3, 0.4) is 0 Å². The lowest BCUT2D eigenvalue weighted by molar-refractivity contribution is -0.123. The number of Topliss-reactive ketones (excluding diaryl/α,β-unsaturated/α-hetero) is 1. The van der Waals surface area contributed by atoms with Crippen molar-refractivity contribution in [3.05, 3.63) is 71.8 Å². The fourth-order valence-electron chi connectivity index (χ4n) is 2.68. The highest BCUT2D eigenvalue weighted by molar-refractivity contribution is 6.48. The largest absolute Gasteiger partial charge is 0.296 e. The standard InChI is InChI=1S/C17H16N4O2/c18-19-17(23)15-13(11-7-3-1-4-8-11)14(20-21-15)16(22)12-9-5-2-6-10-12/h1-10,13,15,21H,18H2,(H,19,23). The zero-order valence-electron chi connectivity index (χ0n) is 12.3. The van der Waals surface area contributed by atoms with Crippen molar-refractivity contribution in [1.29, 1.82) is 0 Å². The molecule has 1 aliphatic rings. The number of carbonyl (C=O) groups is 2. The van der Waals surface area contributed by atoms with Gasteiger partial charge in [-0.25, -0.2) is 5.84 Å². The molecule has 0 saturated heterocycles. The number of carbonyl (C=O) groups excluding carboxylic acids is 2. The number of rotatable bonds is 4. The highest BCUT2D eigenvalue weighted by atomic mass is 16.2. The Bertz CT molecular complexity index is 744. The molecule has 6 heteroatoms. The summed E-state index contributed by atoms with van der Waals surface area (Å²) >= 11 is 0. The first-order valence-electron chi connectivity index (χ1n) is 7.20. The average Bonchev–Trinajstić information content (AvgIpc) is 3.07. The molecule has 0 fully saturated rings. The third-order valence-electron chi connectivity index (χ3n) is 3.80. The fraction of sp³-hybridized carbons (Fsp3) is 0.118. The fourth-order valence-corrected chi connectivity index (χ4v) is 2.68. The summed E-state index contributed by atoms with van der Waals surface area (Å²) in [5.41, 5.74) is 6.51. The summed E-state index contributed by atoms with van der Waals surface area (Å²) in [5.74, 6) is 4.13. The summed E-state index contributed by atoms with van der Waals surface area (Å²) in [6, 6.07) is 17.5. The molecule has 0 radical (unpaired) electrons. The van der Waals surface area contributed by atoms with Crippen molar-refractivity contribution in [2.24, 2.45) is 10.9 Å². The molecule has 3 rings (SSSR count). The van der Waals surface area contributed by atoms with Gasteiger partial charge in [0.05, 0.1) is 5.92 Å². The summed E-state index contributed by atoms with van der Waals surface area (Å²) in [4.78, 5) is 24.8. The third kappa shape index (κ3) is 2.84. The summed E-state index contributed by atoms with van der Waals surface area (Å²) in [6.45, 7) is 0. The minimum atomic E-state index is -0.718. The molecule has 2 aromatic rings. The first kappa shape index (κ1) is 14.9. The minimum absolute atomic E-state index is 0.209. The Morgan fingerprint density at radius 1 is 1.00 bits per heavy atom. The molecule has 2 atom stereocenters. The second-order valence-electron chi connectivity index (χ2n) is 5.20. The predicted molar refractivity (Wildman–Crippen MR) is 86.6 cm³/mol. The van der Waals surface area contributed by atoms with Crippen LogP contribution in [-0.2, 0) is 4.79 Å². The van der Waals surface area contributed by atoms with Crippen molar-refractivity contribution < 1.29 is 9.59 Å². The maximum absolute atomic E-state index is 12.8. The number of ketones is 1. The number of hydrogen-bond acceptors (Lipinski definition) is 5. The molecule has 2 unspecified atom stereocenters. The number of nitrogens with zero attached hydrogens (tertiary/aromatic N) is 1. The molecule has 0 saturated carbocycles. The third-order valence-corrected chi connectivity index (χ3v) is 3.80. The van der Waals surface area contributed by atoms with E-state index in [-0.39, 0.29) is 5.78 Å². The van der Waals surface area contributed by atoms with Gasteiger partial charge in [0.25, 0.3) is 5.91 Å². The van der Waals surface area contributed by atoms with Crippen LogP contribution >= 0.6 is 0 Å². The van der Waals surface area contributed by atoms with Crippen LogP contribution in [0.4, 0.5) is 0 Å². The first-order chi connectivity index (χ1) is 11.2. The van der Waals surface area contributed by atoms with Crippen LogP contribution in [0, 0.1) is 0 Å². The van der Waals surface area contributed by atoms with Crippen LogP contribution in [-0.4, -0.2) is 23.4 Å². The molecule has 6 nitrogen and oxygen atoms in total. The Morgan fingerprint density at radius 2 is 1.61 bits per heavy atom. The van der Waals surface area contributed by atoms with Gasteiger partial charge in [-0.05, 0) is 5.56 Å². The number of amides is 1. The van der Waals surface area contributed by atoms with Gasteiger partial charge >= 0.3 is 0 Å². The van der Waals surface area contributed by atoms with E-state index in [0.717, 1.165) is 5.56 Å². The van der Waals surface area contributed by atoms with E-state index in [1.54, 1.807) is 24.3 Å². The molecule has 1 amide bonds. The maximum Gasteiger partial charge on any atom is 0.259 e. The smallest absolute Gasteiger partial charge is 0.259 e. The van der Waals surface area contributed by atoms with Crippen LogP contribution in [0.1, 0.15) is 21.8 Å². The minimum Gasteiger partial charge on any atom is -0.296 e. The highest BCUT2D eigenvalue weighted by Gasteiger charge is 2.40. The molecule has 0 bridgehead atoms. The second kappa shape index (κ2) is 6.41. The van der Waals surface area contributed by atoms with Crippen LogP contribution in [0.25, 0.3) is 0 Å². The van der Waals surface area contributed by atoms with Crippen LogP contribution in [0.15, 0.2) is 65.8 Å². The maximum atomic E-state index is 12.8. The quantitative estimate of drug-likeness (QED) is 0.339. The molecule has 0 aliphatic carbocycles. The van der Waals surface area contributed by atoms with Gasteiger partial charge in [-0.15, -0.1) is 0 Å². The van der Waals surface area contributed by atoms with Gasteiger partial charge < -0.3 is 0 Å². The van der Waals surface area contributed by atoms with Crippen molar-refractivity contribution in [1.82, 2.24) is 10.9 Å². The van der Waals surface area contributed by atoms with E-state index >= 15 is 0 Å². The van der Waals surface area contributed by atoms with Gasteiger partial charge in [-0.1, -0.05) is 60.7 Å². The van der Waals surface area contributed by atoms with E-state index in [1.165, 1.54) is 0 Å². The van der Waals surface area contributed by atoms with Gasteiger partial charge in [-0.3, -0.25) is 20.4 Å². The van der Waals surface area contributed by atoms with E-state index in [9.17, 15) is 9.59 Å². The second-order valence-corrected chi connectivity index (χ2v) is 5.20. The van der Waals surface area contributed by atoms with Crippen molar-refractivity contribution in [2.45, 2.75) is 12.0 Å². The van der Waals surface area contributed by atoms with Crippen molar-refractivity contribution in [3.63, 3.8) is 0 Å². The molecule has 4 N–H and O–H groups in total. The van der Waals surface area contributed by atoms with Gasteiger partial charge in [0.15, 0.2) is 0 Å². The van der Waals surface area contributed by atoms with E-state index in [1.807, 2.05) is 36.4 Å². The average molecular weight is 308 g/mol. The molecule has 1 heterocycles. The van der Waals surface area contributed by atoms with Gasteiger partial charge in [-0.2, -0.15) is 5.10 Å². The SMILES string of the molecule is NNC(=O)C1NN=C(C(=O)c2ccccc2)C1c1ccccc1. The Hall–Kier alpha value is -2.99. The number of hydrogen-bond donors (Lipinski definition) is 3. The Morgan fingerprint density at radius 3 is 2.22 bits per heavy atom. The van der Waals surface area contributed by atoms with Crippen LogP contribution < -0.4 is 16.7 Å². The van der Waals surface area contributed by atoms with Gasteiger partial charge in [0.2, 0.25) is 5.78 Å². The lowest BCUT2D eigenvalue weighted by atomic mass is 9.85. The van der Waals surface area contributed by atoms with E-state index < -0.39 is 17.9 Å². The molecular weight excluding hydrogens is 292 g/mol.